The molecule has 7 nitrogen and oxygen atoms in total. The molecule has 0 unspecified atom stereocenters. The lowest BCUT2D eigenvalue weighted by Crippen LogP contribution is -2.30. The van der Waals surface area contributed by atoms with Gasteiger partial charge in [-0.05, 0) is 60.5 Å². The first kappa shape index (κ1) is 24.2. The Hall–Kier alpha value is -3.43. The summed E-state index contributed by atoms with van der Waals surface area (Å²) < 4.78 is 45.5. The predicted molar refractivity (Wildman–Crippen MR) is 122 cm³/mol. The number of halogens is 2. The van der Waals surface area contributed by atoms with Crippen LogP contribution in [0, 0.1) is 5.82 Å². The fourth-order valence-corrected chi connectivity index (χ4v) is 4.03. The van der Waals surface area contributed by atoms with Gasteiger partial charge in [-0.1, -0.05) is 35.9 Å². The van der Waals surface area contributed by atoms with E-state index < -0.39 is 28.5 Å². The minimum absolute atomic E-state index is 0.00849. The van der Waals surface area contributed by atoms with Crippen LogP contribution in [0.2, 0.25) is 5.02 Å². The summed E-state index contributed by atoms with van der Waals surface area (Å²) >= 11 is 5.79. The third-order valence-corrected chi connectivity index (χ3v) is 6.13. The van der Waals surface area contributed by atoms with E-state index in [-0.39, 0.29) is 28.5 Å². The average Bonchev–Trinajstić information content (AvgIpc) is 2.79. The molecule has 0 radical (unpaired) electrons. The molecule has 3 rings (SSSR count). The first-order valence-corrected chi connectivity index (χ1v) is 11.7. The highest BCUT2D eigenvalue weighted by Crippen LogP contribution is 2.22. The van der Waals surface area contributed by atoms with Crippen molar-refractivity contribution in [2.45, 2.75) is 11.3 Å². The zero-order chi connectivity index (χ0) is 23.8. The van der Waals surface area contributed by atoms with Gasteiger partial charge in [0.25, 0.3) is 15.9 Å². The molecular formula is C23H20ClFN2O5S. The third kappa shape index (κ3) is 7.03. The normalized spacial score (nSPS) is 11.0. The average molecular weight is 491 g/mol. The van der Waals surface area contributed by atoms with E-state index >= 15 is 0 Å². The summed E-state index contributed by atoms with van der Waals surface area (Å²) in [5, 5.41) is 2.98. The Balaban J connectivity index is 1.56. The highest BCUT2D eigenvalue weighted by molar-refractivity contribution is 7.92. The summed E-state index contributed by atoms with van der Waals surface area (Å²) in [6.07, 6.45) is 0.481. The third-order valence-electron chi connectivity index (χ3n) is 4.50. The van der Waals surface area contributed by atoms with Gasteiger partial charge in [-0.2, -0.15) is 0 Å². The van der Waals surface area contributed by atoms with E-state index in [1.165, 1.54) is 48.5 Å². The fourth-order valence-electron chi connectivity index (χ4n) is 2.82. The molecule has 0 atom stereocenters. The zero-order valence-corrected chi connectivity index (χ0v) is 18.8. The zero-order valence-electron chi connectivity index (χ0n) is 17.3. The maximum absolute atomic E-state index is 12.9. The monoisotopic (exact) mass is 490 g/mol. The number of ether oxygens (including phenoxy) is 1. The van der Waals surface area contributed by atoms with Crippen molar-refractivity contribution in [1.82, 2.24) is 5.32 Å². The number of rotatable bonds is 9. The Morgan fingerprint density at radius 2 is 1.61 bits per heavy atom. The van der Waals surface area contributed by atoms with Gasteiger partial charge in [-0.3, -0.25) is 9.52 Å². The molecule has 0 spiro atoms. The molecule has 0 aliphatic rings. The number of carbonyl (C=O) groups is 2. The topological polar surface area (TPSA) is 102 Å². The number of anilines is 1. The number of hydrogen-bond donors (Lipinski definition) is 2. The molecule has 3 aromatic carbocycles. The van der Waals surface area contributed by atoms with Gasteiger partial charge < -0.3 is 10.1 Å². The molecule has 3 aromatic rings. The van der Waals surface area contributed by atoms with Crippen molar-refractivity contribution in [2.75, 3.05) is 17.9 Å². The molecule has 1 amide bonds. The molecule has 0 aromatic heterocycles. The second kappa shape index (κ2) is 10.9. The predicted octanol–water partition coefficient (Wildman–Crippen LogP) is 3.80. The number of para-hydroxylation sites is 1. The molecule has 0 fully saturated rings. The van der Waals surface area contributed by atoms with Crippen molar-refractivity contribution < 1.29 is 27.1 Å². The highest BCUT2D eigenvalue weighted by atomic mass is 35.5. The molecule has 33 heavy (non-hydrogen) atoms. The van der Waals surface area contributed by atoms with Crippen LogP contribution in [0.1, 0.15) is 15.9 Å². The Labute approximate surface area is 195 Å². The number of carbonyl (C=O) groups excluding carboxylic acids is 2. The second-order valence-electron chi connectivity index (χ2n) is 6.91. The summed E-state index contributed by atoms with van der Waals surface area (Å²) in [5.74, 6) is -1.73. The molecule has 0 aliphatic carbocycles. The van der Waals surface area contributed by atoms with Crippen molar-refractivity contribution in [2.24, 2.45) is 0 Å². The summed E-state index contributed by atoms with van der Waals surface area (Å²) in [6.45, 7) is -0.264. The van der Waals surface area contributed by atoms with Gasteiger partial charge in [0.05, 0.1) is 16.1 Å². The van der Waals surface area contributed by atoms with E-state index in [4.69, 9.17) is 16.3 Å². The Morgan fingerprint density at radius 3 is 2.30 bits per heavy atom. The van der Waals surface area contributed by atoms with Crippen molar-refractivity contribution in [3.05, 3.63) is 94.8 Å². The van der Waals surface area contributed by atoms with E-state index in [1.54, 1.807) is 24.3 Å². The molecule has 0 saturated carbocycles. The van der Waals surface area contributed by atoms with Crippen LogP contribution in [0.3, 0.4) is 0 Å². The molecule has 0 saturated heterocycles. The van der Waals surface area contributed by atoms with Crippen LogP contribution < -0.4 is 10.0 Å². The van der Waals surface area contributed by atoms with Crippen LogP contribution in [0.5, 0.6) is 0 Å². The van der Waals surface area contributed by atoms with Gasteiger partial charge in [0.2, 0.25) is 0 Å². The van der Waals surface area contributed by atoms with Gasteiger partial charge in [-0.15, -0.1) is 0 Å². The maximum Gasteiger partial charge on any atom is 0.340 e. The molecule has 172 valence electrons. The van der Waals surface area contributed by atoms with E-state index in [9.17, 15) is 22.4 Å². The number of nitrogens with one attached hydrogen (secondary N) is 2. The lowest BCUT2D eigenvalue weighted by Gasteiger charge is -2.12. The Morgan fingerprint density at radius 1 is 0.939 bits per heavy atom. The molecule has 10 heteroatoms. The summed E-state index contributed by atoms with van der Waals surface area (Å²) in [6, 6.07) is 17.3. The largest absolute Gasteiger partial charge is 0.452 e. The van der Waals surface area contributed by atoms with Crippen LogP contribution in [-0.2, 0) is 26.0 Å². The number of benzene rings is 3. The number of sulfonamides is 1. The summed E-state index contributed by atoms with van der Waals surface area (Å²) in [4.78, 5) is 24.4. The minimum atomic E-state index is -3.98. The van der Waals surface area contributed by atoms with Crippen LogP contribution in [0.15, 0.2) is 77.7 Å². The molecule has 2 N–H and O–H groups in total. The number of amides is 1. The van der Waals surface area contributed by atoms with Crippen LogP contribution in [0.25, 0.3) is 0 Å². The van der Waals surface area contributed by atoms with E-state index in [0.717, 1.165) is 5.56 Å². The second-order valence-corrected chi connectivity index (χ2v) is 9.03. The maximum atomic E-state index is 12.9. The first-order chi connectivity index (χ1) is 15.7. The smallest absolute Gasteiger partial charge is 0.340 e. The van der Waals surface area contributed by atoms with E-state index in [0.29, 0.717) is 11.4 Å². The van der Waals surface area contributed by atoms with E-state index in [1.807, 2.05) is 0 Å². The molecule has 0 aliphatic heterocycles. The number of hydrogen-bond acceptors (Lipinski definition) is 5. The van der Waals surface area contributed by atoms with Crippen molar-refractivity contribution >= 4 is 39.2 Å². The van der Waals surface area contributed by atoms with E-state index in [2.05, 4.69) is 10.0 Å². The molecule has 0 heterocycles. The Bertz CT molecular complexity index is 1230. The van der Waals surface area contributed by atoms with Gasteiger partial charge in [0, 0.05) is 11.6 Å². The van der Waals surface area contributed by atoms with Gasteiger partial charge >= 0.3 is 5.97 Å². The van der Waals surface area contributed by atoms with Crippen LogP contribution in [-0.4, -0.2) is 33.4 Å². The van der Waals surface area contributed by atoms with Crippen molar-refractivity contribution in [3.8, 4) is 0 Å². The van der Waals surface area contributed by atoms with Gasteiger partial charge in [0.15, 0.2) is 6.61 Å². The van der Waals surface area contributed by atoms with Crippen molar-refractivity contribution in [3.63, 3.8) is 0 Å². The van der Waals surface area contributed by atoms with Gasteiger partial charge in [-0.25, -0.2) is 17.6 Å². The minimum Gasteiger partial charge on any atom is -0.452 e. The SMILES string of the molecule is O=C(COC(=O)c1ccccc1NS(=O)(=O)c1ccc(Cl)cc1)NCCc1ccc(F)cc1. The quantitative estimate of drug-likeness (QED) is 0.444. The number of esters is 1. The fraction of sp³-hybridized carbons (Fsp3) is 0.130. The Kier molecular flexibility index (Phi) is 8.02. The van der Waals surface area contributed by atoms with Crippen LogP contribution >= 0.6 is 11.6 Å². The lowest BCUT2D eigenvalue weighted by atomic mass is 10.1. The van der Waals surface area contributed by atoms with Crippen molar-refractivity contribution in [1.29, 1.82) is 0 Å². The van der Waals surface area contributed by atoms with Crippen LogP contribution in [0.4, 0.5) is 10.1 Å². The molecular weight excluding hydrogens is 471 g/mol. The van der Waals surface area contributed by atoms with Gasteiger partial charge in [0.1, 0.15) is 5.82 Å². The summed E-state index contributed by atoms with van der Waals surface area (Å²) in [5.41, 5.74) is 0.805. The first-order valence-electron chi connectivity index (χ1n) is 9.80. The lowest BCUT2D eigenvalue weighted by molar-refractivity contribution is -0.124. The highest BCUT2D eigenvalue weighted by Gasteiger charge is 2.20. The molecule has 0 bridgehead atoms. The summed E-state index contributed by atoms with van der Waals surface area (Å²) in [7, 11) is -3.98. The standard InChI is InChI=1S/C23H20ClFN2O5S/c24-17-7-11-19(12-8-17)33(30,31)27-21-4-2-1-3-20(21)23(29)32-15-22(28)26-14-13-16-5-9-18(25)10-6-16/h1-12,27H,13-15H2,(H,26,28).